The third-order valence-electron chi connectivity index (χ3n) is 2.11. The zero-order chi connectivity index (χ0) is 11.1. The van der Waals surface area contributed by atoms with Gasteiger partial charge in [-0.3, -0.25) is 4.79 Å². The van der Waals surface area contributed by atoms with Crippen LogP contribution in [0, 0.1) is 0 Å². The summed E-state index contributed by atoms with van der Waals surface area (Å²) in [5.41, 5.74) is 2.02. The van der Waals surface area contributed by atoms with E-state index in [0.717, 1.165) is 18.5 Å². The predicted molar refractivity (Wildman–Crippen MR) is 59.2 cm³/mol. The number of amides is 1. The SMILES string of the molecule is CCCc1ccc(NC(=O)CC[O])cc1. The van der Waals surface area contributed by atoms with Crippen LogP contribution in [0.4, 0.5) is 5.69 Å². The molecule has 3 nitrogen and oxygen atoms in total. The van der Waals surface area contributed by atoms with Gasteiger partial charge in [-0.05, 0) is 24.1 Å². The standard InChI is InChI=1S/C12H16NO2/c1-2-3-10-4-6-11(7-5-10)13-12(15)8-9-14/h4-7H,2-3,8-9H2,1H3,(H,13,15). The highest BCUT2D eigenvalue weighted by Crippen LogP contribution is 2.11. The number of aryl methyl sites for hydroxylation is 1. The van der Waals surface area contributed by atoms with Crippen molar-refractivity contribution in [2.45, 2.75) is 26.2 Å². The minimum absolute atomic E-state index is 0.0384. The van der Waals surface area contributed by atoms with E-state index in [1.54, 1.807) is 0 Å². The summed E-state index contributed by atoms with van der Waals surface area (Å²) < 4.78 is 0. The van der Waals surface area contributed by atoms with Crippen molar-refractivity contribution in [3.05, 3.63) is 29.8 Å². The highest BCUT2D eigenvalue weighted by atomic mass is 16.3. The van der Waals surface area contributed by atoms with Crippen molar-refractivity contribution in [2.75, 3.05) is 11.9 Å². The maximum atomic E-state index is 11.1. The molecule has 81 valence electrons. The zero-order valence-electron chi connectivity index (χ0n) is 8.95. The van der Waals surface area contributed by atoms with Crippen molar-refractivity contribution in [1.82, 2.24) is 0 Å². The molecule has 1 rings (SSSR count). The van der Waals surface area contributed by atoms with E-state index in [1.807, 2.05) is 24.3 Å². The second kappa shape index (κ2) is 6.19. The maximum absolute atomic E-state index is 11.1. The Labute approximate surface area is 90.1 Å². The molecule has 3 heteroatoms. The topological polar surface area (TPSA) is 49.0 Å². The van der Waals surface area contributed by atoms with Crippen LogP contribution in [0.1, 0.15) is 25.3 Å². The summed E-state index contributed by atoms with van der Waals surface area (Å²) in [5.74, 6) is -0.215. The van der Waals surface area contributed by atoms with Crippen molar-refractivity contribution in [1.29, 1.82) is 0 Å². The molecule has 0 spiro atoms. The van der Waals surface area contributed by atoms with Crippen LogP contribution in [0.3, 0.4) is 0 Å². The lowest BCUT2D eigenvalue weighted by Crippen LogP contribution is -2.12. The van der Waals surface area contributed by atoms with Crippen molar-refractivity contribution < 1.29 is 9.90 Å². The van der Waals surface area contributed by atoms with Gasteiger partial charge in [0.15, 0.2) is 0 Å². The number of carbonyl (C=O) groups is 1. The Morgan fingerprint density at radius 2 is 1.93 bits per heavy atom. The first-order valence-corrected chi connectivity index (χ1v) is 5.23. The number of carbonyl (C=O) groups excluding carboxylic acids is 1. The molecule has 1 radical (unpaired) electrons. The van der Waals surface area contributed by atoms with E-state index in [-0.39, 0.29) is 18.9 Å². The van der Waals surface area contributed by atoms with Crippen molar-refractivity contribution in [3.8, 4) is 0 Å². The summed E-state index contributed by atoms with van der Waals surface area (Å²) in [4.78, 5) is 11.1. The summed E-state index contributed by atoms with van der Waals surface area (Å²) in [6.45, 7) is 1.77. The lowest BCUT2D eigenvalue weighted by molar-refractivity contribution is -0.117. The zero-order valence-corrected chi connectivity index (χ0v) is 8.95. The Morgan fingerprint density at radius 3 is 2.47 bits per heavy atom. The van der Waals surface area contributed by atoms with Gasteiger partial charge in [0.2, 0.25) is 5.91 Å². The first-order valence-electron chi connectivity index (χ1n) is 5.23. The predicted octanol–water partition coefficient (Wildman–Crippen LogP) is 2.40. The van der Waals surface area contributed by atoms with E-state index in [0.29, 0.717) is 0 Å². The molecule has 0 unspecified atom stereocenters. The van der Waals surface area contributed by atoms with Crippen LogP contribution in [0.5, 0.6) is 0 Å². The van der Waals surface area contributed by atoms with Crippen LogP contribution >= 0.6 is 0 Å². The van der Waals surface area contributed by atoms with E-state index in [1.165, 1.54) is 5.56 Å². The highest BCUT2D eigenvalue weighted by Gasteiger charge is 2.01. The number of nitrogens with one attached hydrogen (secondary N) is 1. The van der Waals surface area contributed by atoms with Gasteiger partial charge in [-0.2, -0.15) is 0 Å². The molecule has 0 saturated carbocycles. The van der Waals surface area contributed by atoms with Crippen LogP contribution in [0.15, 0.2) is 24.3 Å². The first-order chi connectivity index (χ1) is 7.26. The van der Waals surface area contributed by atoms with Gasteiger partial charge in [-0.1, -0.05) is 25.5 Å². The Hall–Kier alpha value is -1.35. The van der Waals surface area contributed by atoms with Gasteiger partial charge in [0.1, 0.15) is 0 Å². The average Bonchev–Trinajstić information content (AvgIpc) is 2.22. The second-order valence-electron chi connectivity index (χ2n) is 3.45. The third kappa shape index (κ3) is 4.13. The molecule has 0 saturated heterocycles. The van der Waals surface area contributed by atoms with E-state index in [4.69, 9.17) is 0 Å². The monoisotopic (exact) mass is 206 g/mol. The van der Waals surface area contributed by atoms with Crippen molar-refractivity contribution in [2.24, 2.45) is 0 Å². The summed E-state index contributed by atoms with van der Waals surface area (Å²) in [6, 6.07) is 7.73. The van der Waals surface area contributed by atoms with Crippen LogP contribution in [-0.2, 0) is 16.3 Å². The molecule has 0 bridgehead atoms. The molecule has 1 N–H and O–H groups in total. The molecular formula is C12H16NO2. The third-order valence-corrected chi connectivity index (χ3v) is 2.11. The molecule has 15 heavy (non-hydrogen) atoms. The van der Waals surface area contributed by atoms with E-state index >= 15 is 0 Å². The maximum Gasteiger partial charge on any atom is 0.226 e. The molecule has 0 heterocycles. The van der Waals surface area contributed by atoms with Gasteiger partial charge in [0.05, 0.1) is 13.0 Å². The van der Waals surface area contributed by atoms with Gasteiger partial charge in [0.25, 0.3) is 0 Å². The van der Waals surface area contributed by atoms with Gasteiger partial charge >= 0.3 is 0 Å². The fourth-order valence-electron chi connectivity index (χ4n) is 1.36. The molecule has 1 aromatic carbocycles. The normalized spacial score (nSPS) is 10.0. The first kappa shape index (κ1) is 11.7. The smallest absolute Gasteiger partial charge is 0.226 e. The summed E-state index contributed by atoms with van der Waals surface area (Å²) in [6.07, 6.45) is 2.20. The quantitative estimate of drug-likeness (QED) is 0.790. The molecular weight excluding hydrogens is 190 g/mol. The summed E-state index contributed by atoms with van der Waals surface area (Å²) in [5, 5.41) is 12.9. The minimum atomic E-state index is -0.361. The fourth-order valence-corrected chi connectivity index (χ4v) is 1.36. The van der Waals surface area contributed by atoms with Crippen molar-refractivity contribution in [3.63, 3.8) is 0 Å². The summed E-state index contributed by atoms with van der Waals surface area (Å²) >= 11 is 0. The van der Waals surface area contributed by atoms with Gasteiger partial charge in [0, 0.05) is 5.69 Å². The number of rotatable bonds is 5. The lowest BCUT2D eigenvalue weighted by Gasteiger charge is -2.04. The van der Waals surface area contributed by atoms with Crippen LogP contribution in [0.25, 0.3) is 0 Å². The molecule has 1 aromatic rings. The largest absolute Gasteiger partial charge is 0.326 e. The Bertz CT molecular complexity index is 306. The molecule has 0 aliphatic carbocycles. The lowest BCUT2D eigenvalue weighted by atomic mass is 10.1. The van der Waals surface area contributed by atoms with E-state index < -0.39 is 0 Å². The number of benzene rings is 1. The Balaban J connectivity index is 2.52. The molecule has 0 aliphatic heterocycles. The number of anilines is 1. The second-order valence-corrected chi connectivity index (χ2v) is 3.45. The Morgan fingerprint density at radius 1 is 1.27 bits per heavy atom. The van der Waals surface area contributed by atoms with E-state index in [2.05, 4.69) is 12.2 Å². The van der Waals surface area contributed by atoms with Crippen molar-refractivity contribution >= 4 is 11.6 Å². The van der Waals surface area contributed by atoms with Gasteiger partial charge in [-0.25, -0.2) is 5.11 Å². The van der Waals surface area contributed by atoms with Crippen LogP contribution in [-0.4, -0.2) is 12.5 Å². The molecule has 0 atom stereocenters. The van der Waals surface area contributed by atoms with Crippen LogP contribution < -0.4 is 5.32 Å². The van der Waals surface area contributed by atoms with Crippen LogP contribution in [0.2, 0.25) is 0 Å². The Kier molecular flexibility index (Phi) is 4.84. The molecule has 0 aliphatic rings. The summed E-state index contributed by atoms with van der Waals surface area (Å²) in [7, 11) is 0. The van der Waals surface area contributed by atoms with Gasteiger partial charge < -0.3 is 5.32 Å². The number of hydrogen-bond donors (Lipinski definition) is 1. The molecule has 0 aromatic heterocycles. The highest BCUT2D eigenvalue weighted by molar-refractivity contribution is 5.90. The van der Waals surface area contributed by atoms with Gasteiger partial charge in [-0.15, -0.1) is 0 Å². The fraction of sp³-hybridized carbons (Fsp3) is 0.417. The molecule has 1 amide bonds. The number of hydrogen-bond acceptors (Lipinski definition) is 1. The van der Waals surface area contributed by atoms with E-state index in [9.17, 15) is 9.90 Å². The average molecular weight is 206 g/mol. The molecule has 0 fully saturated rings. The minimum Gasteiger partial charge on any atom is -0.326 e.